The Kier molecular flexibility index (Phi) is 7.69. The molecule has 0 bridgehead atoms. The van der Waals surface area contributed by atoms with Crippen molar-refractivity contribution in [1.29, 1.82) is 0 Å². The number of hydrogen-bond acceptors (Lipinski definition) is 6. The molecular formula is C6H7LaNO9. The molecule has 0 unspecified atom stereocenters. The fourth-order valence-corrected chi connectivity index (χ4v) is 0.949. The van der Waals surface area contributed by atoms with Crippen molar-refractivity contribution in [3.63, 3.8) is 0 Å². The largest absolute Gasteiger partial charge is 0.481 e. The summed E-state index contributed by atoms with van der Waals surface area (Å²) in [7, 11) is 0. The first kappa shape index (κ1) is 18.2. The molecule has 0 aliphatic carbocycles. The minimum Gasteiger partial charge on any atom is -0.481 e. The Morgan fingerprint density at radius 1 is 1.12 bits per heavy atom. The van der Waals surface area contributed by atoms with Crippen LogP contribution in [0.25, 0.3) is 0 Å². The third-order valence-corrected chi connectivity index (χ3v) is 1.51. The van der Waals surface area contributed by atoms with Gasteiger partial charge < -0.3 is 15.3 Å². The zero-order chi connectivity index (χ0) is 12.9. The number of aliphatic carboxylic acids is 3. The van der Waals surface area contributed by atoms with E-state index < -0.39 is 41.4 Å². The molecule has 0 fully saturated rings. The maximum Gasteiger partial charge on any atom is 0.337 e. The topological polar surface area (TPSA) is 164 Å². The summed E-state index contributed by atoms with van der Waals surface area (Å²) in [6.45, 7) is 0. The number of carboxylic acids is 3. The molecule has 0 atom stereocenters. The summed E-state index contributed by atoms with van der Waals surface area (Å²) in [5, 5.41) is 33.8. The number of hydrogen-bond donors (Lipinski definition) is 3. The second-order valence-corrected chi connectivity index (χ2v) is 2.76. The van der Waals surface area contributed by atoms with E-state index in [-0.39, 0.29) is 35.6 Å². The number of nitrogens with zero attached hydrogens (tertiary/aromatic N) is 1. The van der Waals surface area contributed by atoms with E-state index in [1.54, 1.807) is 0 Å². The van der Waals surface area contributed by atoms with E-state index >= 15 is 0 Å². The molecule has 17 heavy (non-hydrogen) atoms. The van der Waals surface area contributed by atoms with Crippen LogP contribution in [0.4, 0.5) is 0 Å². The molecule has 0 saturated heterocycles. The van der Waals surface area contributed by atoms with Gasteiger partial charge in [-0.3, -0.25) is 14.4 Å². The minimum absolute atomic E-state index is 0. The maximum absolute atomic E-state index is 10.7. The van der Waals surface area contributed by atoms with Crippen LogP contribution in [0, 0.1) is 45.7 Å². The van der Waals surface area contributed by atoms with Gasteiger partial charge >= 0.3 is 17.9 Å². The van der Waals surface area contributed by atoms with Gasteiger partial charge in [0.15, 0.2) is 0 Å². The van der Waals surface area contributed by atoms with Crippen molar-refractivity contribution in [2.75, 3.05) is 0 Å². The normalized spacial score (nSPS) is 9.88. The van der Waals surface area contributed by atoms with E-state index in [0.717, 1.165) is 0 Å². The fraction of sp³-hybridized carbons (Fsp3) is 0.500. The van der Waals surface area contributed by atoms with E-state index in [9.17, 15) is 24.5 Å². The summed E-state index contributed by atoms with van der Waals surface area (Å²) < 4.78 is 0. The van der Waals surface area contributed by atoms with Crippen molar-refractivity contribution < 1.29 is 75.2 Å². The Bertz CT molecular complexity index is 300. The molecule has 0 aromatic carbocycles. The summed E-state index contributed by atoms with van der Waals surface area (Å²) in [5.41, 5.74) is -2.92. The van der Waals surface area contributed by atoms with E-state index in [1.807, 2.05) is 0 Å². The first-order valence-electron chi connectivity index (χ1n) is 3.70. The van der Waals surface area contributed by atoms with Gasteiger partial charge in [-0.1, -0.05) is 0 Å². The van der Waals surface area contributed by atoms with Crippen LogP contribution < -0.4 is 0 Å². The van der Waals surface area contributed by atoms with Crippen LogP contribution in [0.1, 0.15) is 12.8 Å². The number of carbonyl (C=O) groups is 3. The Hall–Kier alpha value is -1.20. The Morgan fingerprint density at radius 2 is 1.47 bits per heavy atom. The molecule has 0 heterocycles. The van der Waals surface area contributed by atoms with Gasteiger partial charge in [0.05, 0.1) is 12.8 Å². The molecule has 0 saturated carbocycles. The molecule has 3 N–H and O–H groups in total. The summed E-state index contributed by atoms with van der Waals surface area (Å²) in [5.74, 6) is -5.50. The van der Waals surface area contributed by atoms with Crippen molar-refractivity contribution >= 4 is 17.9 Å². The average Bonchev–Trinajstić information content (AvgIpc) is 1.98. The first-order chi connectivity index (χ1) is 7.19. The molecule has 1 radical (unpaired) electrons. The second-order valence-electron chi connectivity index (χ2n) is 2.76. The molecule has 0 spiro atoms. The summed E-state index contributed by atoms with van der Waals surface area (Å²) >= 11 is 0. The molecular weight excluding hydrogens is 369 g/mol. The summed E-state index contributed by atoms with van der Waals surface area (Å²) in [4.78, 5) is 45.0. The number of carboxylic acid groups (broad SMARTS) is 3. The van der Waals surface area contributed by atoms with Gasteiger partial charge in [-0.05, 0) is 0 Å². The molecule has 93 valence electrons. The van der Waals surface area contributed by atoms with E-state index in [0.29, 0.717) is 0 Å². The fourth-order valence-electron chi connectivity index (χ4n) is 0.949. The van der Waals surface area contributed by atoms with Crippen LogP contribution >= 0.6 is 0 Å². The Labute approximate surface area is 121 Å². The predicted octanol–water partition coefficient (Wildman–Crippen LogP) is -1.03. The predicted molar refractivity (Wildman–Crippen MR) is 43.0 cm³/mol. The second kappa shape index (κ2) is 7.19. The molecule has 0 aliphatic rings. The van der Waals surface area contributed by atoms with Crippen LogP contribution in [0.5, 0.6) is 0 Å². The summed E-state index contributed by atoms with van der Waals surface area (Å²) in [6, 6.07) is 0. The van der Waals surface area contributed by atoms with Crippen LogP contribution in [0.15, 0.2) is 0 Å². The molecule has 0 aliphatic heterocycles. The summed E-state index contributed by atoms with van der Waals surface area (Å²) in [6.07, 6.45) is -2.68. The smallest absolute Gasteiger partial charge is 0.337 e. The molecule has 0 aromatic heterocycles. The van der Waals surface area contributed by atoms with Gasteiger partial charge in [-0.15, -0.1) is 10.1 Å². The molecule has 0 rings (SSSR count). The van der Waals surface area contributed by atoms with Gasteiger partial charge in [0.2, 0.25) is 5.60 Å². The Morgan fingerprint density at radius 3 is 1.65 bits per heavy atom. The molecule has 0 amide bonds. The van der Waals surface area contributed by atoms with Crippen molar-refractivity contribution in [3.8, 4) is 0 Å². The zero-order valence-electron chi connectivity index (χ0n) is 8.23. The van der Waals surface area contributed by atoms with Gasteiger partial charge in [0.1, 0.15) is 0 Å². The third kappa shape index (κ3) is 6.19. The number of rotatable bonds is 7. The Balaban J connectivity index is 0. The molecule has 10 nitrogen and oxygen atoms in total. The average molecular weight is 376 g/mol. The van der Waals surface area contributed by atoms with Crippen molar-refractivity contribution in [3.05, 3.63) is 10.1 Å². The standard InChI is InChI=1S/C6H7NO9.La/c8-3(9)1-6(5(12)13,2-4(10)11)16-7(14)15;/h1-2H2,(H,8,9)(H,10,11)(H,12,13);. The van der Waals surface area contributed by atoms with Gasteiger partial charge in [0, 0.05) is 35.6 Å². The van der Waals surface area contributed by atoms with E-state index in [2.05, 4.69) is 4.84 Å². The minimum atomic E-state index is -2.92. The van der Waals surface area contributed by atoms with Crippen LogP contribution in [-0.4, -0.2) is 43.9 Å². The SMILES string of the molecule is O=C(O)CC(CC(=O)O)(O[N+](=O)[O-])C(=O)O.[La]. The zero-order valence-corrected chi connectivity index (χ0v) is 11.9. The van der Waals surface area contributed by atoms with E-state index in [1.165, 1.54) is 0 Å². The quantitative estimate of drug-likeness (QED) is 0.372. The first-order valence-corrected chi connectivity index (χ1v) is 3.70. The van der Waals surface area contributed by atoms with Gasteiger partial charge in [0.25, 0.3) is 5.09 Å². The van der Waals surface area contributed by atoms with Crippen LogP contribution in [0.2, 0.25) is 0 Å². The van der Waals surface area contributed by atoms with E-state index in [4.69, 9.17) is 15.3 Å². The van der Waals surface area contributed by atoms with Gasteiger partial charge in [-0.25, -0.2) is 4.79 Å². The van der Waals surface area contributed by atoms with Crippen LogP contribution in [0.3, 0.4) is 0 Å². The van der Waals surface area contributed by atoms with Crippen molar-refractivity contribution in [2.45, 2.75) is 18.4 Å². The monoisotopic (exact) mass is 376 g/mol. The van der Waals surface area contributed by atoms with Gasteiger partial charge in [-0.2, -0.15) is 0 Å². The van der Waals surface area contributed by atoms with Crippen molar-refractivity contribution in [2.24, 2.45) is 0 Å². The maximum atomic E-state index is 10.7. The van der Waals surface area contributed by atoms with Crippen molar-refractivity contribution in [1.82, 2.24) is 0 Å². The third-order valence-electron chi connectivity index (χ3n) is 1.51. The van der Waals surface area contributed by atoms with Crippen LogP contribution in [-0.2, 0) is 19.2 Å². The molecule has 0 aromatic rings. The molecule has 11 heteroatoms.